The van der Waals surface area contributed by atoms with Crippen LogP contribution in [0.3, 0.4) is 0 Å². The van der Waals surface area contributed by atoms with Crippen LogP contribution in [0.4, 0.5) is 0 Å². The number of hydrogen-bond acceptors (Lipinski definition) is 0. The van der Waals surface area contributed by atoms with Crippen molar-refractivity contribution in [3.63, 3.8) is 0 Å². The first-order valence-electron chi connectivity index (χ1n) is 6.14. The zero-order chi connectivity index (χ0) is 18.0. The molecule has 0 rings (SSSR count). The molecule has 22 heavy (non-hydrogen) atoms. The van der Waals surface area contributed by atoms with Gasteiger partial charge in [0.05, 0.1) is 0 Å². The third kappa shape index (κ3) is 6.39. The van der Waals surface area contributed by atoms with Crippen molar-refractivity contribution in [1.29, 1.82) is 0 Å². The lowest BCUT2D eigenvalue weighted by Crippen LogP contribution is -2.63. The first-order valence-corrected chi connectivity index (χ1v) is 14.9. The molecule has 134 valence electrons. The summed E-state index contributed by atoms with van der Waals surface area (Å²) in [5, 5.41) is 0. The maximum Gasteiger partial charge on any atom is 0.155 e. The molecular formula is C11H13Br11. The molecule has 0 spiro atoms. The highest BCUT2D eigenvalue weighted by Gasteiger charge is 2.72. The van der Waals surface area contributed by atoms with Gasteiger partial charge in [0.2, 0.25) is 0 Å². The molecule has 0 bridgehead atoms. The van der Waals surface area contributed by atoms with E-state index in [1.54, 1.807) is 0 Å². The lowest BCUT2D eigenvalue weighted by molar-refractivity contribution is 0.532. The summed E-state index contributed by atoms with van der Waals surface area (Å²) >= 11 is 41.2. The molecule has 0 N–H and O–H groups in total. The summed E-state index contributed by atoms with van der Waals surface area (Å²) in [5.74, 6) is 0. The van der Waals surface area contributed by atoms with Crippen molar-refractivity contribution in [1.82, 2.24) is 0 Å². The fraction of sp³-hybridized carbons (Fsp3) is 1.00. The van der Waals surface area contributed by atoms with E-state index in [2.05, 4.69) is 182 Å². The number of hydrogen-bond donors (Lipinski definition) is 0. The van der Waals surface area contributed by atoms with Crippen LogP contribution in [-0.2, 0) is 0 Å². The quantitative estimate of drug-likeness (QED) is 0.176. The molecule has 0 aliphatic heterocycles. The Morgan fingerprint density at radius 1 is 0.591 bits per heavy atom. The largest absolute Gasteiger partial charge is 0.155 e. The number of rotatable bonds is 7. The maximum absolute atomic E-state index is 3.87. The van der Waals surface area contributed by atoms with Crippen molar-refractivity contribution in [3.8, 4) is 0 Å². The maximum atomic E-state index is 3.87. The van der Waals surface area contributed by atoms with Gasteiger partial charge in [-0.3, -0.25) is 0 Å². The minimum atomic E-state index is -0.697. The van der Waals surface area contributed by atoms with Crippen molar-refractivity contribution < 1.29 is 0 Å². The minimum absolute atomic E-state index is 0.425. The van der Waals surface area contributed by atoms with E-state index in [0.717, 1.165) is 12.8 Å². The van der Waals surface area contributed by atoms with Gasteiger partial charge in [-0.1, -0.05) is 208 Å². The van der Waals surface area contributed by atoms with Gasteiger partial charge in [0, 0.05) is 0 Å². The summed E-state index contributed by atoms with van der Waals surface area (Å²) in [7, 11) is 0. The van der Waals surface area contributed by atoms with Crippen LogP contribution in [0.2, 0.25) is 0 Å². The standard InChI is InChI=1S/C11H13Br11/c1-2-3-4-5-6-7(12,13)9(15,16)8(14,10(17,18)19)11(20,21)22/h2-6H2,1H3. The smallest absolute Gasteiger partial charge is 0.0758 e. The summed E-state index contributed by atoms with van der Waals surface area (Å²) < 4.78 is -3.10. The third-order valence-electron chi connectivity index (χ3n) is 3.02. The monoisotopic (exact) mass is 1010 g/mol. The summed E-state index contributed by atoms with van der Waals surface area (Å²) in [6, 6.07) is 0. The van der Waals surface area contributed by atoms with E-state index in [1.165, 1.54) is 19.3 Å². The molecular weight excluding hydrogens is 1010 g/mol. The van der Waals surface area contributed by atoms with E-state index < -0.39 is 15.1 Å². The van der Waals surface area contributed by atoms with Crippen LogP contribution >= 0.6 is 175 Å². The molecule has 0 saturated carbocycles. The molecule has 0 unspecified atom stereocenters. The molecule has 0 aromatic rings. The molecule has 0 atom stereocenters. The first-order chi connectivity index (χ1) is 9.56. The van der Waals surface area contributed by atoms with Crippen molar-refractivity contribution in [3.05, 3.63) is 0 Å². The highest BCUT2D eigenvalue weighted by molar-refractivity contribution is 9.42. The number of unbranched alkanes of at least 4 members (excludes halogenated alkanes) is 3. The molecule has 0 nitrogen and oxygen atoms in total. The van der Waals surface area contributed by atoms with Gasteiger partial charge in [0.15, 0.2) is 4.29 Å². The fourth-order valence-electron chi connectivity index (χ4n) is 1.70. The third-order valence-corrected chi connectivity index (χ3v) is 19.3. The fourth-order valence-corrected chi connectivity index (χ4v) is 14.5. The zero-order valence-corrected chi connectivity index (χ0v) is 28.6. The Bertz CT molecular complexity index is 338. The van der Waals surface area contributed by atoms with Gasteiger partial charge in [0.1, 0.15) is 10.8 Å². The van der Waals surface area contributed by atoms with Gasteiger partial charge in [-0.25, -0.2) is 0 Å². The summed E-state index contributed by atoms with van der Waals surface area (Å²) in [6.07, 6.45) is 5.68. The van der Waals surface area contributed by atoms with Gasteiger partial charge in [-0.05, 0) is 6.42 Å². The first kappa shape index (κ1) is 27.3. The van der Waals surface area contributed by atoms with Gasteiger partial charge < -0.3 is 0 Å². The zero-order valence-electron chi connectivity index (χ0n) is 11.2. The van der Waals surface area contributed by atoms with E-state index >= 15 is 0 Å². The van der Waals surface area contributed by atoms with Crippen LogP contribution in [0, 0.1) is 0 Å². The van der Waals surface area contributed by atoms with Crippen molar-refractivity contribution in [2.24, 2.45) is 0 Å². The van der Waals surface area contributed by atoms with E-state index in [4.69, 9.17) is 0 Å². The van der Waals surface area contributed by atoms with Crippen LogP contribution in [0.15, 0.2) is 0 Å². The van der Waals surface area contributed by atoms with Crippen LogP contribution < -0.4 is 0 Å². The van der Waals surface area contributed by atoms with Gasteiger partial charge in [0.25, 0.3) is 0 Å². The Balaban J connectivity index is 5.62. The van der Waals surface area contributed by atoms with E-state index in [-0.39, 0.29) is 0 Å². The number of halogens is 11. The molecule has 0 fully saturated rings. The SMILES string of the molecule is CCCCCCC(Br)(Br)C(Br)(Br)C(Br)(C(Br)(Br)Br)C(Br)(Br)Br. The predicted octanol–water partition coefficient (Wildman–Crippen LogP) is 10.7. The van der Waals surface area contributed by atoms with Crippen LogP contribution in [-0.4, -0.2) is 15.1 Å². The molecule has 0 saturated heterocycles. The summed E-state index contributed by atoms with van der Waals surface area (Å²) in [5.41, 5.74) is 0. The minimum Gasteiger partial charge on any atom is -0.0758 e. The second-order valence-electron chi connectivity index (χ2n) is 4.74. The topological polar surface area (TPSA) is 0 Å². The molecule has 0 aliphatic carbocycles. The predicted molar refractivity (Wildman–Crippen MR) is 141 cm³/mol. The highest BCUT2D eigenvalue weighted by atomic mass is 80.0. The van der Waals surface area contributed by atoms with Crippen molar-refractivity contribution in [2.75, 3.05) is 0 Å². The van der Waals surface area contributed by atoms with Crippen molar-refractivity contribution in [2.45, 2.75) is 54.1 Å². The Labute approximate surface area is 225 Å². The van der Waals surface area contributed by atoms with Crippen molar-refractivity contribution >= 4 is 175 Å². The molecule has 0 heterocycles. The number of alkyl halides is 11. The molecule has 11 heteroatoms. The second kappa shape index (κ2) is 10.4. The molecule has 0 amide bonds. The van der Waals surface area contributed by atoms with Crippen LogP contribution in [0.25, 0.3) is 0 Å². The lowest BCUT2D eigenvalue weighted by Gasteiger charge is -2.54. The lowest BCUT2D eigenvalue weighted by atomic mass is 10.0. The Morgan fingerprint density at radius 3 is 1.32 bits per heavy atom. The van der Waals surface area contributed by atoms with Crippen LogP contribution in [0.1, 0.15) is 39.0 Å². The molecule has 0 aromatic heterocycles. The highest BCUT2D eigenvalue weighted by Crippen LogP contribution is 2.73. The normalized spacial score (nSPS) is 15.3. The average Bonchev–Trinajstić information content (AvgIpc) is 2.30. The molecule has 0 aliphatic rings. The summed E-state index contributed by atoms with van der Waals surface area (Å²) in [6.45, 7) is 2.21. The van der Waals surface area contributed by atoms with Crippen LogP contribution in [0.5, 0.6) is 0 Å². The Hall–Kier alpha value is 5.28. The van der Waals surface area contributed by atoms with Gasteiger partial charge >= 0.3 is 0 Å². The van der Waals surface area contributed by atoms with Gasteiger partial charge in [-0.15, -0.1) is 0 Å². The average molecular weight is 1020 g/mol. The molecule has 0 radical (unpaired) electrons. The van der Waals surface area contributed by atoms with E-state index in [1.807, 2.05) is 0 Å². The van der Waals surface area contributed by atoms with E-state index in [0.29, 0.717) is 0 Å². The summed E-state index contributed by atoms with van der Waals surface area (Å²) in [4.78, 5) is 0. The Kier molecular flexibility index (Phi) is 12.8. The van der Waals surface area contributed by atoms with Gasteiger partial charge in [-0.2, -0.15) is 0 Å². The molecule has 0 aromatic carbocycles. The second-order valence-corrected chi connectivity index (χ2v) is 26.7. The van der Waals surface area contributed by atoms with E-state index in [9.17, 15) is 0 Å². The Morgan fingerprint density at radius 2 is 1.00 bits per heavy atom.